The lowest BCUT2D eigenvalue weighted by atomic mass is 10.1. The monoisotopic (exact) mass is 211 g/mol. The van der Waals surface area contributed by atoms with Gasteiger partial charge in [0.15, 0.2) is 0 Å². The fraction of sp³-hybridized carbons (Fsp3) is 0.667. The number of carbonyl (C=O) groups excluding carboxylic acids is 2. The highest BCUT2D eigenvalue weighted by molar-refractivity contribution is 6.02. The third kappa shape index (κ3) is 4.77. The number of hydrogen-bond acceptors (Lipinski definition) is 2. The highest BCUT2D eigenvalue weighted by Crippen LogP contribution is 2.15. The van der Waals surface area contributed by atoms with E-state index in [1.807, 2.05) is 0 Å². The molecule has 1 unspecified atom stereocenters. The first-order chi connectivity index (χ1) is 7.04. The Balaban J connectivity index is 0.000000288. The Morgan fingerprint density at radius 3 is 1.87 bits per heavy atom. The van der Waals surface area contributed by atoms with Crippen LogP contribution in [0.4, 0.5) is 0 Å². The molecule has 1 rings (SSSR count). The Labute approximate surface area is 92.1 Å². The molecule has 86 valence electrons. The number of carbonyl (C=O) groups is 2. The summed E-state index contributed by atoms with van der Waals surface area (Å²) in [6, 6.07) is 0. The van der Waals surface area contributed by atoms with Crippen LogP contribution < -0.4 is 0 Å². The fourth-order valence-electron chi connectivity index (χ4n) is 1.27. The normalized spacial score (nSPS) is 20.8. The Morgan fingerprint density at radius 2 is 1.73 bits per heavy atom. The average molecular weight is 211 g/mol. The Bertz CT molecular complexity index is 240. The van der Waals surface area contributed by atoms with Crippen LogP contribution in [0.25, 0.3) is 0 Å². The quantitative estimate of drug-likeness (QED) is 0.519. The summed E-state index contributed by atoms with van der Waals surface area (Å²) in [4.78, 5) is 22.7. The molecule has 15 heavy (non-hydrogen) atoms. The van der Waals surface area contributed by atoms with Crippen LogP contribution in [0, 0.1) is 5.92 Å². The molecule has 0 radical (unpaired) electrons. The molecule has 1 saturated heterocycles. The molecule has 1 aliphatic rings. The second-order valence-corrected chi connectivity index (χ2v) is 3.68. The molecule has 0 aromatic rings. The number of rotatable bonds is 2. The minimum atomic E-state index is -0.0949. The van der Waals surface area contributed by atoms with Crippen LogP contribution in [0.15, 0.2) is 12.2 Å². The largest absolute Gasteiger partial charge is 0.286 e. The van der Waals surface area contributed by atoms with Gasteiger partial charge in [-0.3, -0.25) is 14.5 Å². The number of hydrogen-bond donors (Lipinski definition) is 0. The lowest BCUT2D eigenvalue weighted by Gasteiger charge is -2.03. The van der Waals surface area contributed by atoms with Crippen molar-refractivity contribution in [2.24, 2.45) is 5.92 Å². The molecule has 2 amide bonds. The molecule has 0 N–H and O–H groups in total. The molecular weight excluding hydrogens is 190 g/mol. The Morgan fingerprint density at radius 1 is 1.27 bits per heavy atom. The molecule has 1 heterocycles. The average Bonchev–Trinajstić information content (AvgIpc) is 2.44. The fourth-order valence-corrected chi connectivity index (χ4v) is 1.27. The maximum absolute atomic E-state index is 10.8. The first-order valence-corrected chi connectivity index (χ1v) is 5.49. The lowest BCUT2D eigenvalue weighted by Crippen LogP contribution is -2.24. The van der Waals surface area contributed by atoms with Gasteiger partial charge in [0.05, 0.1) is 0 Å². The van der Waals surface area contributed by atoms with E-state index in [4.69, 9.17) is 0 Å². The van der Waals surface area contributed by atoms with Crippen LogP contribution in [0.5, 0.6) is 0 Å². The van der Waals surface area contributed by atoms with Crippen LogP contribution in [0.3, 0.4) is 0 Å². The first kappa shape index (κ1) is 13.9. The zero-order chi connectivity index (χ0) is 11.8. The van der Waals surface area contributed by atoms with Crippen molar-refractivity contribution in [1.29, 1.82) is 0 Å². The van der Waals surface area contributed by atoms with Crippen LogP contribution in [0.2, 0.25) is 0 Å². The van der Waals surface area contributed by atoms with Gasteiger partial charge >= 0.3 is 0 Å². The van der Waals surface area contributed by atoms with E-state index in [9.17, 15) is 9.59 Å². The molecule has 0 saturated carbocycles. The number of likely N-dealkylation sites (tertiary alicyclic amines) is 1. The highest BCUT2D eigenvalue weighted by atomic mass is 16.2. The minimum Gasteiger partial charge on any atom is -0.286 e. The van der Waals surface area contributed by atoms with Crippen molar-refractivity contribution in [2.75, 3.05) is 7.05 Å². The Hall–Kier alpha value is -1.12. The van der Waals surface area contributed by atoms with Gasteiger partial charge in [-0.15, -0.1) is 0 Å². The molecule has 0 aliphatic carbocycles. The summed E-state index contributed by atoms with van der Waals surface area (Å²) in [5, 5.41) is 0. The van der Waals surface area contributed by atoms with Crippen molar-refractivity contribution >= 4 is 11.8 Å². The SMILES string of the molecule is CC1CC(=O)N(C)C1=O.CCC=CCC. The summed E-state index contributed by atoms with van der Waals surface area (Å²) in [5.74, 6) is -0.213. The molecular formula is C12H21NO2. The lowest BCUT2D eigenvalue weighted by molar-refractivity contribution is -0.137. The van der Waals surface area contributed by atoms with Crippen molar-refractivity contribution in [3.05, 3.63) is 12.2 Å². The molecule has 1 aliphatic heterocycles. The maximum atomic E-state index is 10.8. The van der Waals surface area contributed by atoms with Crippen molar-refractivity contribution in [3.63, 3.8) is 0 Å². The van der Waals surface area contributed by atoms with Gasteiger partial charge in [-0.05, 0) is 12.8 Å². The van der Waals surface area contributed by atoms with Gasteiger partial charge in [0.1, 0.15) is 0 Å². The smallest absolute Gasteiger partial charge is 0.232 e. The van der Waals surface area contributed by atoms with Gasteiger partial charge in [-0.1, -0.05) is 32.9 Å². The zero-order valence-electron chi connectivity index (χ0n) is 10.1. The highest BCUT2D eigenvalue weighted by Gasteiger charge is 2.32. The van der Waals surface area contributed by atoms with Crippen molar-refractivity contribution in [3.8, 4) is 0 Å². The summed E-state index contributed by atoms with van der Waals surface area (Å²) in [5.41, 5.74) is 0. The zero-order valence-corrected chi connectivity index (χ0v) is 10.1. The maximum Gasteiger partial charge on any atom is 0.232 e. The van der Waals surface area contributed by atoms with Crippen molar-refractivity contribution in [2.45, 2.75) is 40.0 Å². The molecule has 0 bridgehead atoms. The van der Waals surface area contributed by atoms with E-state index in [2.05, 4.69) is 26.0 Å². The minimum absolute atomic E-state index is 0.0556. The van der Waals surface area contributed by atoms with E-state index in [-0.39, 0.29) is 17.7 Å². The van der Waals surface area contributed by atoms with Crippen LogP contribution in [0.1, 0.15) is 40.0 Å². The van der Waals surface area contributed by atoms with E-state index in [0.29, 0.717) is 6.42 Å². The van der Waals surface area contributed by atoms with Crippen LogP contribution >= 0.6 is 0 Å². The summed E-state index contributed by atoms with van der Waals surface area (Å²) in [6.45, 7) is 6.06. The van der Waals surface area contributed by atoms with Gasteiger partial charge < -0.3 is 0 Å². The summed E-state index contributed by atoms with van der Waals surface area (Å²) < 4.78 is 0. The Kier molecular flexibility index (Phi) is 6.67. The number of nitrogens with zero attached hydrogens (tertiary/aromatic N) is 1. The summed E-state index contributed by atoms with van der Waals surface area (Å²) in [6.07, 6.45) is 7.09. The molecule has 1 fully saturated rings. The standard InChI is InChI=1S/C6H9NO2.C6H12/c1-4-3-5(8)7(2)6(4)9;1-3-5-6-4-2/h4H,3H2,1-2H3;5-6H,3-4H2,1-2H3. The van der Waals surface area contributed by atoms with E-state index in [1.54, 1.807) is 6.92 Å². The molecule has 0 spiro atoms. The van der Waals surface area contributed by atoms with Crippen molar-refractivity contribution < 1.29 is 9.59 Å². The third-order valence-corrected chi connectivity index (χ3v) is 2.25. The predicted molar refractivity (Wildman–Crippen MR) is 61.3 cm³/mol. The third-order valence-electron chi connectivity index (χ3n) is 2.25. The number of allylic oxidation sites excluding steroid dienone is 2. The molecule has 0 aromatic carbocycles. The van der Waals surface area contributed by atoms with E-state index in [0.717, 1.165) is 0 Å². The molecule has 3 heteroatoms. The van der Waals surface area contributed by atoms with Gasteiger partial charge in [0, 0.05) is 19.4 Å². The summed E-state index contributed by atoms with van der Waals surface area (Å²) >= 11 is 0. The first-order valence-electron chi connectivity index (χ1n) is 5.49. The second kappa shape index (κ2) is 7.21. The van der Waals surface area contributed by atoms with E-state index < -0.39 is 0 Å². The molecule has 0 aromatic heterocycles. The van der Waals surface area contributed by atoms with Crippen LogP contribution in [-0.2, 0) is 9.59 Å². The van der Waals surface area contributed by atoms with Gasteiger partial charge in [0.2, 0.25) is 11.8 Å². The van der Waals surface area contributed by atoms with Crippen molar-refractivity contribution in [1.82, 2.24) is 4.90 Å². The van der Waals surface area contributed by atoms with Crippen LogP contribution in [-0.4, -0.2) is 23.8 Å². The number of amides is 2. The number of imide groups is 1. The topological polar surface area (TPSA) is 37.4 Å². The van der Waals surface area contributed by atoms with E-state index >= 15 is 0 Å². The molecule has 3 nitrogen and oxygen atoms in total. The van der Waals surface area contributed by atoms with Gasteiger partial charge in [-0.2, -0.15) is 0 Å². The van der Waals surface area contributed by atoms with E-state index in [1.165, 1.54) is 24.8 Å². The van der Waals surface area contributed by atoms with Gasteiger partial charge in [0.25, 0.3) is 0 Å². The molecule has 1 atom stereocenters. The second-order valence-electron chi connectivity index (χ2n) is 3.68. The summed E-state index contributed by atoms with van der Waals surface area (Å²) in [7, 11) is 1.52. The van der Waals surface area contributed by atoms with Gasteiger partial charge in [-0.25, -0.2) is 0 Å². The predicted octanol–water partition coefficient (Wildman–Crippen LogP) is 2.37.